The van der Waals surface area contributed by atoms with Crippen LogP contribution in [0.4, 0.5) is 0 Å². The maximum Gasteiger partial charge on any atom is 0.240 e. The summed E-state index contributed by atoms with van der Waals surface area (Å²) in [6.07, 6.45) is 2.79. The fraction of sp³-hybridized carbons (Fsp3) is 0. The lowest BCUT2D eigenvalue weighted by Crippen LogP contribution is -2.04. The minimum Gasteiger partial charge on any atom is -0.508 e. The van der Waals surface area contributed by atoms with E-state index in [1.54, 1.807) is 18.2 Å². The molecule has 0 saturated heterocycles. The van der Waals surface area contributed by atoms with Crippen LogP contribution >= 0.6 is 0 Å². The van der Waals surface area contributed by atoms with Crippen molar-refractivity contribution in [3.8, 4) is 5.75 Å². The van der Waals surface area contributed by atoms with Crippen molar-refractivity contribution >= 4 is 12.0 Å². The van der Waals surface area contributed by atoms with Crippen LogP contribution in [-0.2, 0) is 4.79 Å². The van der Waals surface area contributed by atoms with Crippen LogP contribution in [0.5, 0.6) is 5.75 Å². The zero-order valence-corrected chi connectivity index (χ0v) is 7.81. The van der Waals surface area contributed by atoms with Crippen LogP contribution < -0.4 is 5.73 Å². The predicted molar refractivity (Wildman–Crippen MR) is 57.6 cm³/mol. The normalized spacial score (nSPS) is 8.00. The average Bonchev–Trinajstić information content (AvgIpc) is 2.20. The van der Waals surface area contributed by atoms with Crippen LogP contribution in [0.2, 0.25) is 0 Å². The first-order valence-corrected chi connectivity index (χ1v) is 3.93. The number of rotatable bonds is 2. The third-order valence-electron chi connectivity index (χ3n) is 1.33. The zero-order valence-electron chi connectivity index (χ0n) is 7.81. The van der Waals surface area contributed by atoms with E-state index in [1.807, 2.05) is 12.1 Å². The summed E-state index contributed by atoms with van der Waals surface area (Å²) in [5, 5.41) is 8.82. The van der Waals surface area contributed by atoms with Gasteiger partial charge in [-0.3, -0.25) is 4.79 Å². The summed E-state index contributed by atoms with van der Waals surface area (Å²) in [5.74, 6) is -0.189. The minimum absolute atomic E-state index is 0.292. The Morgan fingerprint density at radius 3 is 2.00 bits per heavy atom. The molecule has 0 aliphatic heterocycles. The number of carbonyl (C=O) groups is 1. The lowest BCUT2D eigenvalue weighted by Gasteiger charge is -1.90. The molecule has 1 aromatic rings. The summed E-state index contributed by atoms with van der Waals surface area (Å²) < 4.78 is 0. The molecule has 3 N–H and O–H groups in total. The molecule has 0 bridgehead atoms. The number of nitrogens with two attached hydrogens (primary N) is 1. The topological polar surface area (TPSA) is 63.3 Å². The van der Waals surface area contributed by atoms with E-state index in [1.165, 1.54) is 0 Å². The molecule has 0 radical (unpaired) electrons. The van der Waals surface area contributed by atoms with E-state index in [-0.39, 0.29) is 0 Å². The number of phenolic OH excluding ortho intramolecular Hbond substituents is 1. The maximum atomic E-state index is 9.47. The van der Waals surface area contributed by atoms with E-state index in [9.17, 15) is 4.79 Å². The summed E-state index contributed by atoms with van der Waals surface area (Å²) >= 11 is 0. The molecule has 0 aliphatic carbocycles. The van der Waals surface area contributed by atoms with Crippen molar-refractivity contribution in [1.29, 1.82) is 0 Å². The van der Waals surface area contributed by atoms with Crippen molar-refractivity contribution in [3.05, 3.63) is 49.1 Å². The smallest absolute Gasteiger partial charge is 0.240 e. The van der Waals surface area contributed by atoms with Crippen molar-refractivity contribution in [2.24, 2.45) is 5.73 Å². The Bertz CT molecular complexity index is 315. The van der Waals surface area contributed by atoms with Crippen LogP contribution in [0.25, 0.3) is 6.08 Å². The second kappa shape index (κ2) is 6.48. The molecule has 0 aliphatic rings. The lowest BCUT2D eigenvalue weighted by molar-refractivity contribution is -0.113. The molecular formula is C11H13NO2. The Kier molecular flexibility index (Phi) is 5.54. The van der Waals surface area contributed by atoms with Crippen molar-refractivity contribution < 1.29 is 9.90 Å². The number of aromatic hydroxyl groups is 1. The van der Waals surface area contributed by atoms with Gasteiger partial charge in [0.25, 0.3) is 0 Å². The molecule has 1 amide bonds. The van der Waals surface area contributed by atoms with E-state index in [0.717, 1.165) is 11.6 Å². The molecular weight excluding hydrogens is 178 g/mol. The third kappa shape index (κ3) is 5.60. The summed E-state index contributed by atoms with van der Waals surface area (Å²) in [6, 6.07) is 6.89. The number of primary amides is 1. The number of benzene rings is 1. The summed E-state index contributed by atoms with van der Waals surface area (Å²) in [7, 11) is 0. The lowest BCUT2D eigenvalue weighted by atomic mass is 10.2. The predicted octanol–water partition coefficient (Wildman–Crippen LogP) is 1.69. The highest BCUT2D eigenvalue weighted by atomic mass is 16.3. The molecule has 0 heterocycles. The molecule has 3 nitrogen and oxygen atoms in total. The number of phenols is 1. The molecule has 0 spiro atoms. The van der Waals surface area contributed by atoms with Crippen molar-refractivity contribution in [2.45, 2.75) is 0 Å². The fourth-order valence-electron chi connectivity index (χ4n) is 0.610. The van der Waals surface area contributed by atoms with Gasteiger partial charge in [-0.05, 0) is 23.8 Å². The van der Waals surface area contributed by atoms with E-state index >= 15 is 0 Å². The van der Waals surface area contributed by atoms with Gasteiger partial charge in [-0.15, -0.1) is 0 Å². The van der Waals surface area contributed by atoms with E-state index in [4.69, 9.17) is 5.11 Å². The Balaban J connectivity index is 0.000000292. The van der Waals surface area contributed by atoms with E-state index < -0.39 is 5.91 Å². The standard InChI is InChI=1S/C8H8O.C3H5NO/c1-2-7-3-5-8(9)6-4-7;1-2-3(4)5/h2-6,9H,1H2;2H,1H2,(H2,4,5). The van der Waals surface area contributed by atoms with Crippen LogP contribution in [0.3, 0.4) is 0 Å². The Hall–Kier alpha value is -2.03. The SMILES string of the molecule is C=CC(N)=O.C=Cc1ccc(O)cc1. The highest BCUT2D eigenvalue weighted by Crippen LogP contribution is 2.09. The average molecular weight is 191 g/mol. The van der Waals surface area contributed by atoms with E-state index in [2.05, 4.69) is 18.9 Å². The van der Waals surface area contributed by atoms with Gasteiger partial charge in [-0.25, -0.2) is 0 Å². The second-order valence-corrected chi connectivity index (χ2v) is 2.40. The minimum atomic E-state index is -0.481. The van der Waals surface area contributed by atoms with Gasteiger partial charge in [0.1, 0.15) is 5.75 Å². The van der Waals surface area contributed by atoms with Gasteiger partial charge < -0.3 is 10.8 Å². The maximum absolute atomic E-state index is 9.47. The number of hydrogen-bond donors (Lipinski definition) is 2. The van der Waals surface area contributed by atoms with Gasteiger partial charge in [0.15, 0.2) is 0 Å². The molecule has 1 aromatic carbocycles. The van der Waals surface area contributed by atoms with Gasteiger partial charge in [-0.1, -0.05) is 31.4 Å². The number of amides is 1. The molecule has 0 aromatic heterocycles. The van der Waals surface area contributed by atoms with Gasteiger partial charge >= 0.3 is 0 Å². The number of hydrogen-bond acceptors (Lipinski definition) is 2. The first-order valence-electron chi connectivity index (χ1n) is 3.93. The van der Waals surface area contributed by atoms with Gasteiger partial charge in [0.2, 0.25) is 5.91 Å². The molecule has 1 rings (SSSR count). The highest BCUT2D eigenvalue weighted by molar-refractivity contribution is 5.84. The largest absolute Gasteiger partial charge is 0.508 e. The fourth-order valence-corrected chi connectivity index (χ4v) is 0.610. The van der Waals surface area contributed by atoms with Crippen molar-refractivity contribution in [2.75, 3.05) is 0 Å². The van der Waals surface area contributed by atoms with Gasteiger partial charge in [0.05, 0.1) is 0 Å². The first kappa shape index (κ1) is 12.0. The van der Waals surface area contributed by atoms with Crippen LogP contribution in [0, 0.1) is 0 Å². The van der Waals surface area contributed by atoms with Crippen LogP contribution in [0.15, 0.2) is 43.5 Å². The van der Waals surface area contributed by atoms with Gasteiger partial charge in [-0.2, -0.15) is 0 Å². The summed E-state index contributed by atoms with van der Waals surface area (Å²) in [5.41, 5.74) is 5.56. The zero-order chi connectivity index (χ0) is 11.0. The summed E-state index contributed by atoms with van der Waals surface area (Å²) in [4.78, 5) is 9.47. The van der Waals surface area contributed by atoms with Crippen LogP contribution in [-0.4, -0.2) is 11.0 Å². The Morgan fingerprint density at radius 2 is 1.71 bits per heavy atom. The molecule has 74 valence electrons. The third-order valence-corrected chi connectivity index (χ3v) is 1.33. The first-order chi connectivity index (χ1) is 6.60. The molecule has 0 saturated carbocycles. The molecule has 0 unspecified atom stereocenters. The monoisotopic (exact) mass is 191 g/mol. The molecule has 3 heteroatoms. The second-order valence-electron chi connectivity index (χ2n) is 2.40. The Morgan fingerprint density at radius 1 is 1.29 bits per heavy atom. The quantitative estimate of drug-likeness (QED) is 0.699. The molecule has 0 atom stereocenters. The number of carbonyl (C=O) groups excluding carboxylic acids is 1. The van der Waals surface area contributed by atoms with Crippen LogP contribution in [0.1, 0.15) is 5.56 Å². The highest BCUT2D eigenvalue weighted by Gasteiger charge is 1.84. The summed E-state index contributed by atoms with van der Waals surface area (Å²) in [6.45, 7) is 6.66. The van der Waals surface area contributed by atoms with Crippen molar-refractivity contribution in [1.82, 2.24) is 0 Å². The molecule has 14 heavy (non-hydrogen) atoms. The van der Waals surface area contributed by atoms with Gasteiger partial charge in [0, 0.05) is 0 Å². The van der Waals surface area contributed by atoms with Crippen molar-refractivity contribution in [3.63, 3.8) is 0 Å². The Labute approximate surface area is 83.2 Å². The van der Waals surface area contributed by atoms with E-state index in [0.29, 0.717) is 5.75 Å². The molecule has 0 fully saturated rings.